The number of piperazine rings is 1. The smallest absolute Gasteiger partial charge is 0.291 e. The number of nitrogens with one attached hydrogen (secondary N) is 1. The number of hydrogen-bond acceptors (Lipinski definition) is 6. The van der Waals surface area contributed by atoms with E-state index in [-0.39, 0.29) is 11.7 Å². The number of carbonyl (C=O) groups excluding carboxylic acids is 1. The Balaban J connectivity index is 1.41. The van der Waals surface area contributed by atoms with Gasteiger partial charge >= 0.3 is 0 Å². The van der Waals surface area contributed by atoms with Crippen LogP contribution < -0.4 is 10.2 Å². The third kappa shape index (κ3) is 4.23. The van der Waals surface area contributed by atoms with Crippen molar-refractivity contribution in [1.29, 1.82) is 0 Å². The van der Waals surface area contributed by atoms with E-state index >= 15 is 0 Å². The molecule has 0 bridgehead atoms. The van der Waals surface area contributed by atoms with Crippen LogP contribution in [0, 0.1) is 0 Å². The average molecular weight is 442 g/mol. The van der Waals surface area contributed by atoms with Gasteiger partial charge in [0.2, 0.25) is 0 Å². The summed E-state index contributed by atoms with van der Waals surface area (Å²) in [7, 11) is 2.13. The molecule has 0 radical (unpaired) electrons. The Morgan fingerprint density at radius 3 is 2.36 bits per heavy atom. The molecule has 1 aliphatic heterocycles. The minimum absolute atomic E-state index is 0.251. The van der Waals surface area contributed by atoms with Crippen molar-refractivity contribution in [1.82, 2.24) is 15.1 Å². The monoisotopic (exact) mass is 441 g/mol. The number of furan rings is 1. The first-order valence-electron chi connectivity index (χ1n) is 9.03. The highest BCUT2D eigenvalue weighted by Crippen LogP contribution is 2.22. The van der Waals surface area contributed by atoms with Crippen molar-refractivity contribution in [2.75, 3.05) is 43.4 Å². The van der Waals surface area contributed by atoms with Gasteiger partial charge in [0, 0.05) is 37.4 Å². The van der Waals surface area contributed by atoms with E-state index in [2.05, 4.69) is 48.3 Å². The maximum absolute atomic E-state index is 12.1. The highest BCUT2D eigenvalue weighted by Gasteiger charge is 2.16. The van der Waals surface area contributed by atoms with E-state index in [0.29, 0.717) is 10.4 Å². The first-order chi connectivity index (χ1) is 13.6. The lowest BCUT2D eigenvalue weighted by molar-refractivity contribution is 0.0995. The number of hydrogen-bond donors (Lipinski definition) is 1. The van der Waals surface area contributed by atoms with Crippen LogP contribution in [0.4, 0.5) is 11.5 Å². The molecule has 2 aromatic heterocycles. The van der Waals surface area contributed by atoms with Crippen LogP contribution in [-0.4, -0.2) is 54.2 Å². The van der Waals surface area contributed by atoms with Gasteiger partial charge < -0.3 is 19.5 Å². The Hall–Kier alpha value is -2.71. The van der Waals surface area contributed by atoms with E-state index in [4.69, 9.17) is 4.42 Å². The molecule has 3 aromatic rings. The highest BCUT2D eigenvalue weighted by atomic mass is 79.9. The third-order valence-corrected chi connectivity index (χ3v) is 5.14. The predicted molar refractivity (Wildman–Crippen MR) is 112 cm³/mol. The first-order valence-corrected chi connectivity index (χ1v) is 9.82. The standard InChI is InChI=1S/C20H20BrN5O2/c1-25-10-12-26(13-11-25)19-9-6-16(23-24-19)14-2-4-15(5-3-14)22-20(27)17-7-8-18(21)28-17/h2-9H,10-13H2,1H3,(H,22,27). The molecule has 0 aliphatic carbocycles. The van der Waals surface area contributed by atoms with Gasteiger partial charge in [-0.05, 0) is 59.4 Å². The SMILES string of the molecule is CN1CCN(c2ccc(-c3ccc(NC(=O)c4ccc(Br)o4)cc3)nn2)CC1. The molecule has 28 heavy (non-hydrogen) atoms. The van der Waals surface area contributed by atoms with Gasteiger partial charge in [0.15, 0.2) is 16.2 Å². The topological polar surface area (TPSA) is 74.5 Å². The number of benzene rings is 1. The predicted octanol–water partition coefficient (Wildman–Crippen LogP) is 3.50. The van der Waals surface area contributed by atoms with Crippen LogP contribution in [0.1, 0.15) is 10.6 Å². The molecule has 1 fully saturated rings. The fraction of sp³-hybridized carbons (Fsp3) is 0.250. The number of rotatable bonds is 4. The second kappa shape index (κ2) is 8.12. The summed E-state index contributed by atoms with van der Waals surface area (Å²) in [5.41, 5.74) is 2.42. The molecule has 0 unspecified atom stereocenters. The normalized spacial score (nSPS) is 14.9. The number of halogens is 1. The summed E-state index contributed by atoms with van der Waals surface area (Å²) >= 11 is 3.19. The number of carbonyl (C=O) groups is 1. The molecule has 0 atom stereocenters. The van der Waals surface area contributed by atoms with Crippen molar-refractivity contribution in [3.63, 3.8) is 0 Å². The Kier molecular flexibility index (Phi) is 5.40. The van der Waals surface area contributed by atoms with E-state index in [0.717, 1.165) is 43.3 Å². The van der Waals surface area contributed by atoms with Gasteiger partial charge in [-0.3, -0.25) is 4.79 Å². The quantitative estimate of drug-likeness (QED) is 0.667. The number of aromatic nitrogens is 2. The summed E-state index contributed by atoms with van der Waals surface area (Å²) in [6.07, 6.45) is 0. The zero-order valence-electron chi connectivity index (χ0n) is 15.4. The first kappa shape index (κ1) is 18.6. The number of amides is 1. The van der Waals surface area contributed by atoms with Crippen LogP contribution in [-0.2, 0) is 0 Å². The molecular formula is C20H20BrN5O2. The van der Waals surface area contributed by atoms with E-state index in [9.17, 15) is 4.79 Å². The number of likely N-dealkylation sites (N-methyl/N-ethyl adjacent to an activating group) is 1. The van der Waals surface area contributed by atoms with Gasteiger partial charge in [-0.1, -0.05) is 12.1 Å². The van der Waals surface area contributed by atoms with E-state index in [1.807, 2.05) is 36.4 Å². The average Bonchev–Trinajstić information content (AvgIpc) is 3.16. The van der Waals surface area contributed by atoms with Crippen LogP contribution in [0.2, 0.25) is 0 Å². The minimum atomic E-state index is -0.297. The van der Waals surface area contributed by atoms with Crippen LogP contribution in [0.5, 0.6) is 0 Å². The van der Waals surface area contributed by atoms with Crippen LogP contribution in [0.15, 0.2) is 57.6 Å². The molecule has 4 rings (SSSR count). The fourth-order valence-corrected chi connectivity index (χ4v) is 3.34. The molecule has 1 N–H and O–H groups in total. The Bertz CT molecular complexity index is 947. The summed E-state index contributed by atoms with van der Waals surface area (Å²) in [5, 5.41) is 11.6. The van der Waals surface area contributed by atoms with Gasteiger partial charge in [0.1, 0.15) is 0 Å². The maximum atomic E-state index is 12.1. The van der Waals surface area contributed by atoms with E-state index in [1.165, 1.54) is 0 Å². The Morgan fingerprint density at radius 1 is 1.00 bits per heavy atom. The fourth-order valence-electron chi connectivity index (χ4n) is 3.04. The summed E-state index contributed by atoms with van der Waals surface area (Å²) in [6, 6.07) is 14.8. The van der Waals surface area contributed by atoms with Crippen LogP contribution in [0.3, 0.4) is 0 Å². The van der Waals surface area contributed by atoms with Crippen molar-refractivity contribution < 1.29 is 9.21 Å². The van der Waals surface area contributed by atoms with Gasteiger partial charge in [-0.15, -0.1) is 10.2 Å². The second-order valence-corrected chi connectivity index (χ2v) is 7.48. The van der Waals surface area contributed by atoms with Gasteiger partial charge in [-0.25, -0.2) is 0 Å². The molecule has 3 heterocycles. The zero-order chi connectivity index (χ0) is 19.5. The summed E-state index contributed by atoms with van der Waals surface area (Å²) < 4.78 is 5.78. The number of anilines is 2. The highest BCUT2D eigenvalue weighted by molar-refractivity contribution is 9.10. The molecule has 0 saturated carbocycles. The van der Waals surface area contributed by atoms with Gasteiger partial charge in [-0.2, -0.15) is 0 Å². The number of nitrogens with zero attached hydrogens (tertiary/aromatic N) is 4. The van der Waals surface area contributed by atoms with E-state index < -0.39 is 0 Å². The maximum Gasteiger partial charge on any atom is 0.291 e. The largest absolute Gasteiger partial charge is 0.444 e. The lowest BCUT2D eigenvalue weighted by Crippen LogP contribution is -2.44. The molecule has 7 nitrogen and oxygen atoms in total. The Labute approximate surface area is 171 Å². The second-order valence-electron chi connectivity index (χ2n) is 6.70. The molecule has 144 valence electrons. The van der Waals surface area contributed by atoms with Crippen molar-refractivity contribution in [3.8, 4) is 11.3 Å². The molecular weight excluding hydrogens is 422 g/mol. The van der Waals surface area contributed by atoms with Crippen LogP contribution >= 0.6 is 15.9 Å². The van der Waals surface area contributed by atoms with Crippen molar-refractivity contribution in [3.05, 3.63) is 59.0 Å². The molecule has 1 saturated heterocycles. The molecule has 0 spiro atoms. The van der Waals surface area contributed by atoms with E-state index in [1.54, 1.807) is 12.1 Å². The lowest BCUT2D eigenvalue weighted by atomic mass is 10.1. The summed E-state index contributed by atoms with van der Waals surface area (Å²) in [5.74, 6) is 0.862. The molecule has 1 amide bonds. The van der Waals surface area contributed by atoms with Crippen molar-refractivity contribution in [2.45, 2.75) is 0 Å². The Morgan fingerprint density at radius 2 is 1.75 bits per heavy atom. The third-order valence-electron chi connectivity index (χ3n) is 4.71. The molecule has 1 aliphatic rings. The minimum Gasteiger partial charge on any atom is -0.444 e. The van der Waals surface area contributed by atoms with Gasteiger partial charge in [0.05, 0.1) is 5.69 Å². The lowest BCUT2D eigenvalue weighted by Gasteiger charge is -2.32. The van der Waals surface area contributed by atoms with Crippen molar-refractivity contribution >= 4 is 33.3 Å². The summed E-state index contributed by atoms with van der Waals surface area (Å²) in [6.45, 7) is 3.99. The van der Waals surface area contributed by atoms with Gasteiger partial charge in [0.25, 0.3) is 5.91 Å². The summed E-state index contributed by atoms with van der Waals surface area (Å²) in [4.78, 5) is 16.7. The molecule has 8 heteroatoms. The molecule has 1 aromatic carbocycles. The zero-order valence-corrected chi connectivity index (χ0v) is 17.0. The van der Waals surface area contributed by atoms with Crippen molar-refractivity contribution in [2.24, 2.45) is 0 Å². The van der Waals surface area contributed by atoms with Crippen LogP contribution in [0.25, 0.3) is 11.3 Å².